The molecule has 2 fully saturated rings. The van der Waals surface area contributed by atoms with E-state index in [-0.39, 0.29) is 11.4 Å². The number of carbonyl (C=O) groups is 1. The molecule has 0 saturated carbocycles. The van der Waals surface area contributed by atoms with Crippen molar-refractivity contribution >= 4 is 5.91 Å². The van der Waals surface area contributed by atoms with Gasteiger partial charge in [-0.25, -0.2) is 0 Å². The van der Waals surface area contributed by atoms with Crippen molar-refractivity contribution in [2.45, 2.75) is 57.5 Å². The molecule has 1 amide bonds. The van der Waals surface area contributed by atoms with Gasteiger partial charge in [-0.15, -0.1) is 0 Å². The van der Waals surface area contributed by atoms with Gasteiger partial charge in [-0.05, 0) is 45.2 Å². The van der Waals surface area contributed by atoms with E-state index in [1.165, 1.54) is 19.3 Å². The van der Waals surface area contributed by atoms with Crippen molar-refractivity contribution in [3.63, 3.8) is 0 Å². The van der Waals surface area contributed by atoms with Crippen molar-refractivity contribution < 1.29 is 9.53 Å². The van der Waals surface area contributed by atoms with E-state index in [0.29, 0.717) is 12.1 Å². The lowest BCUT2D eigenvalue weighted by Gasteiger charge is -2.48. The fraction of sp³-hybridized carbons (Fsp3) is 0.778. The first-order chi connectivity index (χ1) is 11.7. The van der Waals surface area contributed by atoms with Crippen LogP contribution in [0.1, 0.15) is 55.8 Å². The van der Waals surface area contributed by atoms with Crippen LogP contribution in [0.15, 0.2) is 12.4 Å². The third kappa shape index (κ3) is 3.98. The quantitative estimate of drug-likeness (QED) is 0.865. The molecule has 1 aromatic heterocycles. The van der Waals surface area contributed by atoms with E-state index < -0.39 is 0 Å². The topological polar surface area (TPSA) is 59.4 Å². The molecule has 0 bridgehead atoms. The molecular weight excluding hydrogens is 304 g/mol. The average molecular weight is 334 g/mol. The van der Waals surface area contributed by atoms with Crippen LogP contribution in [0.2, 0.25) is 0 Å². The largest absolute Gasteiger partial charge is 0.381 e. The van der Waals surface area contributed by atoms with Crippen LogP contribution in [0.3, 0.4) is 0 Å². The zero-order valence-corrected chi connectivity index (χ0v) is 14.8. The van der Waals surface area contributed by atoms with E-state index in [4.69, 9.17) is 4.74 Å². The first-order valence-corrected chi connectivity index (χ1v) is 9.37. The summed E-state index contributed by atoms with van der Waals surface area (Å²) in [5, 5.41) is 7.43. The molecule has 3 rings (SSSR count). The number of likely N-dealkylation sites (tertiary alicyclic amines) is 1. The van der Waals surface area contributed by atoms with Gasteiger partial charge in [0.15, 0.2) is 0 Å². The van der Waals surface area contributed by atoms with Gasteiger partial charge in [-0.1, -0.05) is 13.3 Å². The van der Waals surface area contributed by atoms with Crippen LogP contribution < -0.4 is 5.32 Å². The summed E-state index contributed by atoms with van der Waals surface area (Å²) in [5.41, 5.74) is 0.720. The Hall–Kier alpha value is -1.40. The summed E-state index contributed by atoms with van der Waals surface area (Å²) in [6.45, 7) is 7.53. The van der Waals surface area contributed by atoms with E-state index in [0.717, 1.165) is 52.1 Å². The third-order valence-corrected chi connectivity index (χ3v) is 5.38. The Morgan fingerprint density at radius 1 is 1.29 bits per heavy atom. The van der Waals surface area contributed by atoms with E-state index >= 15 is 0 Å². The molecule has 134 valence electrons. The number of aryl methyl sites for hydroxylation is 1. The molecule has 3 heterocycles. The smallest absolute Gasteiger partial charge is 0.254 e. The minimum Gasteiger partial charge on any atom is -0.381 e. The molecule has 0 aliphatic carbocycles. The maximum atomic E-state index is 12.5. The van der Waals surface area contributed by atoms with E-state index in [1.54, 1.807) is 6.20 Å². The number of aromatic nitrogens is 2. The summed E-state index contributed by atoms with van der Waals surface area (Å²) >= 11 is 0. The Labute approximate surface area is 144 Å². The number of carbonyl (C=O) groups excluding carboxylic acids is 1. The molecule has 0 radical (unpaired) electrons. The molecule has 0 atom stereocenters. The number of amides is 1. The number of hydrogen-bond acceptors (Lipinski definition) is 4. The van der Waals surface area contributed by atoms with Gasteiger partial charge < -0.3 is 10.1 Å². The number of piperidine rings is 1. The van der Waals surface area contributed by atoms with E-state index in [9.17, 15) is 4.79 Å². The van der Waals surface area contributed by atoms with Gasteiger partial charge in [0.25, 0.3) is 5.91 Å². The molecule has 1 aromatic rings. The minimum atomic E-state index is -0.0137. The molecule has 2 aliphatic rings. The van der Waals surface area contributed by atoms with Crippen LogP contribution in [-0.4, -0.2) is 59.0 Å². The van der Waals surface area contributed by atoms with Crippen molar-refractivity contribution in [3.8, 4) is 0 Å². The summed E-state index contributed by atoms with van der Waals surface area (Å²) in [7, 11) is 0. The SMILES string of the molecule is CCCn1cc(C(=O)NCC2(N3CCCCC3)CCOCC2)cn1. The van der Waals surface area contributed by atoms with Crippen LogP contribution in [0.4, 0.5) is 0 Å². The average Bonchev–Trinajstić information content (AvgIpc) is 3.10. The number of nitrogens with zero attached hydrogens (tertiary/aromatic N) is 3. The predicted molar refractivity (Wildman–Crippen MR) is 93.1 cm³/mol. The zero-order valence-electron chi connectivity index (χ0n) is 14.8. The first-order valence-electron chi connectivity index (χ1n) is 9.37. The van der Waals surface area contributed by atoms with Crippen molar-refractivity contribution in [2.24, 2.45) is 0 Å². The lowest BCUT2D eigenvalue weighted by atomic mass is 9.86. The van der Waals surface area contributed by atoms with Gasteiger partial charge in [0.1, 0.15) is 0 Å². The van der Waals surface area contributed by atoms with Crippen molar-refractivity contribution in [3.05, 3.63) is 18.0 Å². The second-order valence-electron chi connectivity index (χ2n) is 7.06. The summed E-state index contributed by atoms with van der Waals surface area (Å²) in [5.74, 6) is -0.0137. The lowest BCUT2D eigenvalue weighted by molar-refractivity contribution is -0.0349. The highest BCUT2D eigenvalue weighted by Crippen LogP contribution is 2.30. The maximum absolute atomic E-state index is 12.5. The summed E-state index contributed by atoms with van der Waals surface area (Å²) < 4.78 is 7.42. The molecule has 2 aliphatic heterocycles. The van der Waals surface area contributed by atoms with Crippen molar-refractivity contribution in [1.82, 2.24) is 20.0 Å². The normalized spacial score (nSPS) is 21.5. The van der Waals surface area contributed by atoms with Gasteiger partial charge >= 0.3 is 0 Å². The summed E-state index contributed by atoms with van der Waals surface area (Å²) in [6.07, 6.45) is 10.4. The van der Waals surface area contributed by atoms with Crippen molar-refractivity contribution in [1.29, 1.82) is 0 Å². The molecule has 2 saturated heterocycles. The fourth-order valence-electron chi connectivity index (χ4n) is 3.90. The Kier molecular flexibility index (Phi) is 5.89. The van der Waals surface area contributed by atoms with E-state index in [1.807, 2.05) is 10.9 Å². The molecule has 0 unspecified atom stereocenters. The van der Waals surface area contributed by atoms with Gasteiger partial charge in [0, 0.05) is 38.0 Å². The van der Waals surface area contributed by atoms with Crippen LogP contribution >= 0.6 is 0 Å². The van der Waals surface area contributed by atoms with Crippen molar-refractivity contribution in [2.75, 3.05) is 32.8 Å². The number of rotatable bonds is 6. The predicted octanol–water partition coefficient (Wildman–Crippen LogP) is 2.06. The molecular formula is C18H30N4O2. The molecule has 0 spiro atoms. The Morgan fingerprint density at radius 2 is 2.04 bits per heavy atom. The monoisotopic (exact) mass is 334 g/mol. The highest BCUT2D eigenvalue weighted by molar-refractivity contribution is 5.93. The molecule has 6 heteroatoms. The number of nitrogens with one attached hydrogen (secondary N) is 1. The van der Waals surface area contributed by atoms with Crippen LogP contribution in [0.5, 0.6) is 0 Å². The third-order valence-electron chi connectivity index (χ3n) is 5.38. The van der Waals surface area contributed by atoms with Crippen LogP contribution in [0.25, 0.3) is 0 Å². The molecule has 24 heavy (non-hydrogen) atoms. The Morgan fingerprint density at radius 3 is 2.75 bits per heavy atom. The molecule has 1 N–H and O–H groups in total. The first kappa shape index (κ1) is 17.4. The fourth-order valence-corrected chi connectivity index (χ4v) is 3.90. The second-order valence-corrected chi connectivity index (χ2v) is 7.06. The standard InChI is InChI=1S/C18H30N4O2/c1-2-8-22-14-16(13-20-22)17(23)19-15-18(6-11-24-12-7-18)21-9-4-3-5-10-21/h13-14H,2-12,15H2,1H3,(H,19,23). The highest BCUT2D eigenvalue weighted by atomic mass is 16.5. The second kappa shape index (κ2) is 8.12. The lowest BCUT2D eigenvalue weighted by Crippen LogP contribution is -2.59. The Bertz CT molecular complexity index is 531. The van der Waals surface area contributed by atoms with Crippen LogP contribution in [-0.2, 0) is 11.3 Å². The highest BCUT2D eigenvalue weighted by Gasteiger charge is 2.39. The van der Waals surface area contributed by atoms with Gasteiger partial charge in [-0.2, -0.15) is 5.10 Å². The Balaban J connectivity index is 1.62. The van der Waals surface area contributed by atoms with E-state index in [2.05, 4.69) is 22.2 Å². The summed E-state index contributed by atoms with van der Waals surface area (Å²) in [4.78, 5) is 15.1. The number of ether oxygens (including phenoxy) is 1. The maximum Gasteiger partial charge on any atom is 0.254 e. The summed E-state index contributed by atoms with van der Waals surface area (Å²) in [6, 6.07) is 0. The van der Waals surface area contributed by atoms with Gasteiger partial charge in [0.2, 0.25) is 0 Å². The molecule has 6 nitrogen and oxygen atoms in total. The van der Waals surface area contributed by atoms with Gasteiger partial charge in [-0.3, -0.25) is 14.4 Å². The molecule has 0 aromatic carbocycles. The minimum absolute atomic E-state index is 0.0137. The zero-order chi connectivity index (χ0) is 16.8. The van der Waals surface area contributed by atoms with Gasteiger partial charge in [0.05, 0.1) is 11.8 Å². The van der Waals surface area contributed by atoms with Crippen LogP contribution in [0, 0.1) is 0 Å². The number of hydrogen-bond donors (Lipinski definition) is 1.